The van der Waals surface area contributed by atoms with Gasteiger partial charge in [-0.15, -0.1) is 22.7 Å². The Hall–Kier alpha value is -6.01. The zero-order valence-corrected chi connectivity index (χ0v) is 50.8. The number of likely N-dealkylation sites (tertiary alicyclic amines) is 2. The third-order valence-corrected chi connectivity index (χ3v) is 18.1. The van der Waals surface area contributed by atoms with Gasteiger partial charge in [-0.25, -0.2) is 4.98 Å². The maximum Gasteiger partial charge on any atom is 0.399 e. The van der Waals surface area contributed by atoms with Crippen LogP contribution in [0.3, 0.4) is 0 Å². The number of unbranched alkanes of at least 4 members (excludes halogenated alkanes) is 1. The molecule has 3 aromatic carbocycles. The van der Waals surface area contributed by atoms with E-state index in [0.717, 1.165) is 49.6 Å². The third-order valence-electron chi connectivity index (χ3n) is 14.5. The van der Waals surface area contributed by atoms with Crippen molar-refractivity contribution in [1.82, 2.24) is 36.1 Å². The van der Waals surface area contributed by atoms with Gasteiger partial charge in [0.05, 0.1) is 27.1 Å². The van der Waals surface area contributed by atoms with Gasteiger partial charge >= 0.3 is 13.3 Å². The van der Waals surface area contributed by atoms with E-state index in [9.17, 15) is 61.8 Å². The van der Waals surface area contributed by atoms with Crippen LogP contribution in [0.4, 0.5) is 14.5 Å². The molecule has 0 spiro atoms. The number of aliphatic hydroxyl groups is 1. The van der Waals surface area contributed by atoms with Crippen molar-refractivity contribution in [3.8, 4) is 10.4 Å². The average Bonchev–Trinajstić information content (AvgIpc) is 4.28. The highest BCUT2D eigenvalue weighted by Crippen LogP contribution is 2.59. The van der Waals surface area contributed by atoms with E-state index in [2.05, 4.69) is 42.2 Å². The summed E-state index contributed by atoms with van der Waals surface area (Å²) in [7, 11) is -5.85. The fraction of sp³-hybridized carbons (Fsp3) is 0.474. The van der Waals surface area contributed by atoms with Crippen LogP contribution in [0.5, 0.6) is 0 Å². The Morgan fingerprint density at radius 2 is 1.49 bits per heavy atom. The van der Waals surface area contributed by atoms with E-state index in [0.29, 0.717) is 36.1 Å². The minimum Gasteiger partial charge on any atom is -0.391 e. The van der Waals surface area contributed by atoms with E-state index in [1.807, 2.05) is 31.2 Å². The molecule has 82 heavy (non-hydrogen) atoms. The van der Waals surface area contributed by atoms with E-state index in [-0.39, 0.29) is 68.2 Å². The number of carbonyl (C=O) groups excluding carboxylic acids is 7. The first kappa shape index (κ1) is 63.6. The number of rotatable bonds is 21. The second-order valence-electron chi connectivity index (χ2n) is 22.9. The van der Waals surface area contributed by atoms with E-state index in [1.54, 1.807) is 82.7 Å². The molecular weight excluding hydrogens is 1190 g/mol. The number of hydrogen-bond donors (Lipinski definition) is 7. The molecule has 0 radical (unpaired) electrons. The van der Waals surface area contributed by atoms with Gasteiger partial charge in [0.1, 0.15) is 24.2 Å². The standard InChI is InChI=1S/C57H70BrF2N8O11PS2/c1-33-47(81-32-63-33)35-15-13-34(14-16-35)30-62-50(72)42-29-40(69)31-68(42)54(76)48(55(2,3)4)64-46(71)12-8-9-24-61-45(70)23-26-66(39-20-18-38(58)19-21-39)52(74)41-11-10-25-67(41)53(75)49(56(5,6)7)65-51(73)44-28-36-27-37(17-22-43(36)82-44)57(59,60)80(77,78)79/h13-22,27-28,32,40-42,48-49,69H,8-12,23-26,29-31H2,1-7H3,(H,61,70)(H,62,72)(H,64,71)(H,65,73)(H2,77,78,79)/t40-,41+,42+,48-,49-/m1/s1. The van der Waals surface area contributed by atoms with Crippen LogP contribution in [0.1, 0.15) is 113 Å². The van der Waals surface area contributed by atoms with E-state index >= 15 is 0 Å². The number of alkyl halides is 2. The predicted molar refractivity (Wildman–Crippen MR) is 313 cm³/mol. The van der Waals surface area contributed by atoms with Gasteiger partial charge in [-0.2, -0.15) is 8.78 Å². The number of hydrogen-bond acceptors (Lipinski definition) is 12. The van der Waals surface area contributed by atoms with Gasteiger partial charge in [0.2, 0.25) is 35.4 Å². The third kappa shape index (κ3) is 15.4. The first-order chi connectivity index (χ1) is 38.4. The number of thiophene rings is 1. The van der Waals surface area contributed by atoms with Crippen LogP contribution in [-0.2, 0) is 45.5 Å². The number of nitrogens with zero attached hydrogens (tertiary/aromatic N) is 4. The van der Waals surface area contributed by atoms with E-state index in [1.165, 1.54) is 26.8 Å². The van der Waals surface area contributed by atoms with Crippen LogP contribution in [0.2, 0.25) is 0 Å². The number of carbonyl (C=O) groups is 7. The second-order valence-corrected chi connectivity index (χ2v) is 27.4. The fourth-order valence-corrected chi connectivity index (χ4v) is 12.4. The summed E-state index contributed by atoms with van der Waals surface area (Å²) < 4.78 is 41.8. The van der Waals surface area contributed by atoms with Crippen molar-refractivity contribution in [3.05, 3.63) is 104 Å². The van der Waals surface area contributed by atoms with Crippen LogP contribution in [0, 0.1) is 17.8 Å². The van der Waals surface area contributed by atoms with Gasteiger partial charge in [-0.05, 0) is 102 Å². The number of thiazole rings is 1. The summed E-state index contributed by atoms with van der Waals surface area (Å²) in [4.78, 5) is 126. The van der Waals surface area contributed by atoms with E-state index < -0.39 is 95.4 Å². The van der Waals surface area contributed by atoms with Crippen molar-refractivity contribution in [2.75, 3.05) is 31.1 Å². The summed E-state index contributed by atoms with van der Waals surface area (Å²) in [5.74, 6) is -3.33. The minimum absolute atomic E-state index is 0.0331. The molecular formula is C57H70BrF2N8O11PS2. The van der Waals surface area contributed by atoms with Crippen molar-refractivity contribution >= 4 is 103 Å². The molecule has 25 heteroatoms. The molecule has 2 fully saturated rings. The largest absolute Gasteiger partial charge is 0.399 e. The molecule has 0 saturated carbocycles. The Labute approximate surface area is 491 Å². The highest BCUT2D eigenvalue weighted by Gasteiger charge is 2.51. The Bertz CT molecular complexity index is 3220. The molecule has 2 aromatic heterocycles. The number of aliphatic hydroxyl groups excluding tert-OH is 1. The minimum atomic E-state index is -5.85. The maximum atomic E-state index is 14.6. The van der Waals surface area contributed by atoms with Crippen LogP contribution in [0.15, 0.2) is 82.8 Å². The van der Waals surface area contributed by atoms with Gasteiger partial charge in [0, 0.05) is 72.4 Å². The van der Waals surface area contributed by atoms with E-state index in [4.69, 9.17) is 0 Å². The zero-order chi connectivity index (χ0) is 60.1. The van der Waals surface area contributed by atoms with Gasteiger partial charge in [0.15, 0.2) is 0 Å². The lowest BCUT2D eigenvalue weighted by Gasteiger charge is -2.36. The molecule has 7 N–H and O–H groups in total. The first-order valence-corrected chi connectivity index (χ1v) is 31.0. The lowest BCUT2D eigenvalue weighted by molar-refractivity contribution is -0.144. The first-order valence-electron chi connectivity index (χ1n) is 26.9. The van der Waals surface area contributed by atoms with Gasteiger partial charge < -0.3 is 50.9 Å². The van der Waals surface area contributed by atoms with Crippen molar-refractivity contribution in [1.29, 1.82) is 0 Å². The Morgan fingerprint density at radius 1 is 0.829 bits per heavy atom. The number of benzene rings is 3. The maximum absolute atomic E-state index is 14.6. The van der Waals surface area contributed by atoms with Crippen LogP contribution < -0.4 is 26.2 Å². The average molecular weight is 1260 g/mol. The highest BCUT2D eigenvalue weighted by atomic mass is 79.9. The Kier molecular flexibility index (Phi) is 20.4. The molecule has 7 rings (SSSR count). The molecule has 5 aromatic rings. The molecule has 4 heterocycles. The van der Waals surface area contributed by atoms with Crippen molar-refractivity contribution in [2.45, 2.75) is 136 Å². The number of aromatic nitrogens is 1. The molecule has 442 valence electrons. The summed E-state index contributed by atoms with van der Waals surface area (Å²) in [5.41, 5.74) is -1.95. The summed E-state index contributed by atoms with van der Waals surface area (Å²) >= 11 is 5.92. The Morgan fingerprint density at radius 3 is 2.12 bits per heavy atom. The molecule has 7 amide bonds. The number of halogens is 3. The normalized spacial score (nSPS) is 17.5. The van der Waals surface area contributed by atoms with Gasteiger partial charge in [-0.3, -0.25) is 38.1 Å². The van der Waals surface area contributed by atoms with Gasteiger partial charge in [-0.1, -0.05) is 87.8 Å². The molecule has 2 aliphatic rings. The lowest BCUT2D eigenvalue weighted by Crippen LogP contribution is -2.58. The number of β-amino-alcohol motifs (C(OH)–C–C–N with tert-alkyl or cyclic N) is 1. The number of anilines is 1. The second kappa shape index (κ2) is 26.3. The van der Waals surface area contributed by atoms with Gasteiger partial charge in [0.25, 0.3) is 5.91 Å². The number of nitrogens with one attached hydrogen (secondary N) is 4. The van der Waals surface area contributed by atoms with Crippen molar-refractivity contribution < 1.29 is 61.8 Å². The van der Waals surface area contributed by atoms with Crippen molar-refractivity contribution in [3.63, 3.8) is 0 Å². The SMILES string of the molecule is Cc1ncsc1-c1ccc(CNC(=O)[C@@H]2C[C@@H](O)CN2C(=O)[C@@H](NC(=O)CCCCNC(=O)CCN(C(=O)[C@@H]2CCCN2C(=O)[C@@H](NC(=O)c2cc3cc(C(F)(F)P(=O)(O)O)ccc3s2)C(C)(C)C)c2ccc(Br)cc2)C(C)(C)C)cc1. The predicted octanol–water partition coefficient (Wildman–Crippen LogP) is 7.98. The summed E-state index contributed by atoms with van der Waals surface area (Å²) in [5, 5.41) is 22.2. The fourth-order valence-electron chi connectivity index (χ4n) is 9.94. The number of amides is 7. The monoisotopic (exact) mass is 1250 g/mol. The number of fused-ring (bicyclic) bond motifs is 1. The molecule has 5 atom stereocenters. The molecule has 0 unspecified atom stereocenters. The molecule has 0 bridgehead atoms. The summed E-state index contributed by atoms with van der Waals surface area (Å²) in [6, 6.07) is 14.9. The zero-order valence-electron chi connectivity index (χ0n) is 46.7. The topological polar surface area (TPSA) is 268 Å². The molecule has 2 aliphatic heterocycles. The molecule has 2 saturated heterocycles. The quantitative estimate of drug-likeness (QED) is 0.0272. The summed E-state index contributed by atoms with van der Waals surface area (Å²) in [6.07, 6.45) is 0.572. The van der Waals surface area contributed by atoms with Crippen LogP contribution >= 0.6 is 46.2 Å². The highest BCUT2D eigenvalue weighted by molar-refractivity contribution is 9.10. The Balaban J connectivity index is 0.908. The van der Waals surface area contributed by atoms with Crippen molar-refractivity contribution in [2.24, 2.45) is 10.8 Å². The molecule has 19 nitrogen and oxygen atoms in total. The molecule has 0 aliphatic carbocycles. The lowest BCUT2D eigenvalue weighted by atomic mass is 9.85. The van der Waals surface area contributed by atoms with Crippen LogP contribution in [0.25, 0.3) is 20.5 Å². The smallest absolute Gasteiger partial charge is 0.391 e. The summed E-state index contributed by atoms with van der Waals surface area (Å²) in [6.45, 7) is 13.1. The van der Waals surface area contributed by atoms with Crippen LogP contribution in [-0.4, -0.2) is 127 Å². The number of aryl methyl sites for hydroxylation is 1.